The first-order valence-electron chi connectivity index (χ1n) is 6.00. The number of nitrogens with zero attached hydrogens (tertiary/aromatic N) is 4. The molecule has 0 radical (unpaired) electrons. The van der Waals surface area contributed by atoms with Gasteiger partial charge < -0.3 is 0 Å². The fourth-order valence-corrected chi connectivity index (χ4v) is 2.57. The smallest absolute Gasteiger partial charge is 0.188 e. The van der Waals surface area contributed by atoms with Crippen LogP contribution in [-0.4, -0.2) is 19.8 Å². The van der Waals surface area contributed by atoms with Gasteiger partial charge >= 0.3 is 6.18 Å². The second kappa shape index (κ2) is 5.36. The minimum Gasteiger partial charge on any atom is -0.188 e. The highest BCUT2D eigenvalue weighted by atomic mass is 32.2. The van der Waals surface area contributed by atoms with Gasteiger partial charge in [-0.3, -0.25) is 0 Å². The van der Waals surface area contributed by atoms with E-state index in [9.17, 15) is 13.2 Å². The van der Waals surface area contributed by atoms with E-state index >= 15 is 0 Å². The summed E-state index contributed by atoms with van der Waals surface area (Å²) < 4.78 is 39.0. The molecule has 0 unspecified atom stereocenters. The summed E-state index contributed by atoms with van der Waals surface area (Å²) in [4.78, 5) is 0. The number of aromatic nitrogens is 4. The molecule has 0 aliphatic carbocycles. The van der Waals surface area contributed by atoms with Gasteiger partial charge in [-0.2, -0.15) is 22.8 Å². The van der Waals surface area contributed by atoms with Crippen molar-refractivity contribution in [2.24, 2.45) is 0 Å². The van der Waals surface area contributed by atoms with E-state index in [0.717, 1.165) is 10.1 Å². The van der Waals surface area contributed by atoms with Crippen LogP contribution in [0, 0.1) is 0 Å². The van der Waals surface area contributed by atoms with E-state index in [1.807, 2.05) is 30.3 Å². The minimum absolute atomic E-state index is 0.0754. The number of fused-ring (bicyclic) bond motifs is 1. The van der Waals surface area contributed by atoms with Gasteiger partial charge in [-0.05, 0) is 17.7 Å². The third-order valence-electron chi connectivity index (χ3n) is 2.72. The molecule has 1 aromatic carbocycles. The predicted molar refractivity (Wildman–Crippen MR) is 71.8 cm³/mol. The third kappa shape index (κ3) is 2.99. The maximum atomic E-state index is 12.8. The molecule has 2 heterocycles. The summed E-state index contributed by atoms with van der Waals surface area (Å²) in [6.07, 6.45) is -4.57. The van der Waals surface area contributed by atoms with Crippen molar-refractivity contribution in [3.05, 3.63) is 53.9 Å². The van der Waals surface area contributed by atoms with Crippen LogP contribution in [0.4, 0.5) is 13.2 Å². The van der Waals surface area contributed by atoms with E-state index in [1.54, 1.807) is 6.07 Å². The molecule has 0 saturated carbocycles. The van der Waals surface area contributed by atoms with E-state index < -0.39 is 12.0 Å². The molecule has 0 fully saturated rings. The van der Waals surface area contributed by atoms with Gasteiger partial charge in [0.2, 0.25) is 0 Å². The Morgan fingerprint density at radius 2 is 1.76 bits per heavy atom. The van der Waals surface area contributed by atoms with Crippen LogP contribution < -0.4 is 0 Å². The van der Waals surface area contributed by atoms with Gasteiger partial charge in [0, 0.05) is 5.75 Å². The summed E-state index contributed by atoms with van der Waals surface area (Å²) in [5, 5.41) is 11.0. The lowest BCUT2D eigenvalue weighted by Gasteiger charge is -2.05. The zero-order chi connectivity index (χ0) is 14.9. The molecule has 0 aliphatic rings. The third-order valence-corrected chi connectivity index (χ3v) is 3.71. The maximum absolute atomic E-state index is 12.8. The number of benzene rings is 1. The molecule has 21 heavy (non-hydrogen) atoms. The van der Waals surface area contributed by atoms with Crippen LogP contribution in [0.5, 0.6) is 0 Å². The summed E-state index contributed by atoms with van der Waals surface area (Å²) in [5.74, 6) is -0.484. The standard InChI is InChI=1S/C13H9F3N4S/c14-13(15,16)12-18-17-10-6-7-11(19-20(10)12)21-8-9-4-2-1-3-5-9/h1-7H,8H2. The molecule has 0 bridgehead atoms. The highest BCUT2D eigenvalue weighted by molar-refractivity contribution is 7.98. The Balaban J connectivity index is 1.87. The average Bonchev–Trinajstić information content (AvgIpc) is 2.89. The van der Waals surface area contributed by atoms with Crippen molar-refractivity contribution in [1.82, 2.24) is 19.8 Å². The molecule has 0 atom stereocenters. The molecule has 0 saturated heterocycles. The number of rotatable bonds is 3. The monoisotopic (exact) mass is 310 g/mol. The molecule has 4 nitrogen and oxygen atoms in total. The molecule has 3 rings (SSSR count). The number of halogens is 3. The van der Waals surface area contributed by atoms with E-state index in [2.05, 4.69) is 15.3 Å². The second-order valence-electron chi connectivity index (χ2n) is 4.24. The first-order valence-corrected chi connectivity index (χ1v) is 6.99. The fraction of sp³-hybridized carbons (Fsp3) is 0.154. The Morgan fingerprint density at radius 3 is 2.48 bits per heavy atom. The Labute approximate surface area is 122 Å². The number of alkyl halides is 3. The van der Waals surface area contributed by atoms with Crippen LogP contribution in [-0.2, 0) is 11.9 Å². The van der Waals surface area contributed by atoms with Gasteiger partial charge in [-0.15, -0.1) is 10.2 Å². The van der Waals surface area contributed by atoms with Crippen molar-refractivity contribution in [1.29, 1.82) is 0 Å². The molecule has 0 N–H and O–H groups in total. The van der Waals surface area contributed by atoms with Crippen LogP contribution >= 0.6 is 11.8 Å². The molecule has 0 aliphatic heterocycles. The Bertz CT molecular complexity index is 755. The predicted octanol–water partition coefficient (Wildman–Crippen LogP) is 3.44. The van der Waals surface area contributed by atoms with Gasteiger partial charge in [0.25, 0.3) is 5.82 Å². The summed E-state index contributed by atoms with van der Waals surface area (Å²) >= 11 is 1.36. The van der Waals surface area contributed by atoms with Crippen LogP contribution in [0.1, 0.15) is 11.4 Å². The van der Waals surface area contributed by atoms with Gasteiger partial charge in [0.05, 0.1) is 0 Å². The maximum Gasteiger partial charge on any atom is 0.453 e. The van der Waals surface area contributed by atoms with Crippen molar-refractivity contribution in [3.63, 3.8) is 0 Å². The summed E-state index contributed by atoms with van der Waals surface area (Å²) in [5.41, 5.74) is 1.15. The molecular formula is C13H9F3N4S. The zero-order valence-corrected chi connectivity index (χ0v) is 11.4. The minimum atomic E-state index is -4.57. The molecular weight excluding hydrogens is 301 g/mol. The van der Waals surface area contributed by atoms with Crippen LogP contribution in [0.2, 0.25) is 0 Å². The second-order valence-corrected chi connectivity index (χ2v) is 5.23. The Morgan fingerprint density at radius 1 is 1.00 bits per heavy atom. The van der Waals surface area contributed by atoms with Crippen molar-refractivity contribution < 1.29 is 13.2 Å². The summed E-state index contributed by atoms with van der Waals surface area (Å²) in [7, 11) is 0. The van der Waals surface area contributed by atoms with Crippen LogP contribution in [0.15, 0.2) is 47.5 Å². The van der Waals surface area contributed by atoms with Crippen LogP contribution in [0.25, 0.3) is 5.65 Å². The highest BCUT2D eigenvalue weighted by Gasteiger charge is 2.37. The van der Waals surface area contributed by atoms with Gasteiger partial charge in [0.1, 0.15) is 5.03 Å². The highest BCUT2D eigenvalue weighted by Crippen LogP contribution is 2.28. The SMILES string of the molecule is FC(F)(F)c1nnc2ccc(SCc3ccccc3)nn12. The lowest BCUT2D eigenvalue weighted by molar-refractivity contribution is -0.146. The molecule has 3 aromatic rings. The Hall–Kier alpha value is -2.09. The van der Waals surface area contributed by atoms with E-state index in [1.165, 1.54) is 17.8 Å². The molecule has 0 amide bonds. The molecule has 8 heteroatoms. The number of hydrogen-bond acceptors (Lipinski definition) is 4. The first kappa shape index (κ1) is 13.9. The normalized spacial score (nSPS) is 12.0. The number of thioether (sulfide) groups is 1. The average molecular weight is 310 g/mol. The molecule has 108 valence electrons. The van der Waals surface area contributed by atoms with Crippen molar-refractivity contribution >= 4 is 17.4 Å². The summed E-state index contributed by atoms with van der Waals surface area (Å²) in [6.45, 7) is 0. The van der Waals surface area contributed by atoms with E-state index in [4.69, 9.17) is 0 Å². The van der Waals surface area contributed by atoms with Gasteiger partial charge in [0.15, 0.2) is 5.65 Å². The molecule has 0 spiro atoms. The van der Waals surface area contributed by atoms with Gasteiger partial charge in [-0.1, -0.05) is 42.1 Å². The van der Waals surface area contributed by atoms with Crippen molar-refractivity contribution in [2.45, 2.75) is 17.0 Å². The lowest BCUT2D eigenvalue weighted by atomic mass is 10.2. The largest absolute Gasteiger partial charge is 0.453 e. The lowest BCUT2D eigenvalue weighted by Crippen LogP contribution is -2.12. The van der Waals surface area contributed by atoms with Crippen LogP contribution in [0.3, 0.4) is 0 Å². The zero-order valence-electron chi connectivity index (χ0n) is 10.6. The van der Waals surface area contributed by atoms with Gasteiger partial charge in [-0.25, -0.2) is 0 Å². The van der Waals surface area contributed by atoms with Crippen molar-refractivity contribution in [2.75, 3.05) is 0 Å². The molecule has 2 aromatic heterocycles. The fourth-order valence-electron chi connectivity index (χ4n) is 1.76. The van der Waals surface area contributed by atoms with E-state index in [0.29, 0.717) is 10.8 Å². The Kier molecular flexibility index (Phi) is 3.54. The quantitative estimate of drug-likeness (QED) is 0.695. The van der Waals surface area contributed by atoms with E-state index in [-0.39, 0.29) is 5.65 Å². The first-order chi connectivity index (χ1) is 10.0. The van der Waals surface area contributed by atoms with Crippen molar-refractivity contribution in [3.8, 4) is 0 Å². The number of hydrogen-bond donors (Lipinski definition) is 0. The topological polar surface area (TPSA) is 43.1 Å². The summed E-state index contributed by atoms with van der Waals surface area (Å²) in [6, 6.07) is 12.7.